The average molecular weight is 370 g/mol. The molecule has 0 saturated heterocycles. The van der Waals surface area contributed by atoms with Gasteiger partial charge < -0.3 is 30.5 Å². The molecule has 0 aliphatic carbocycles. The zero-order chi connectivity index (χ0) is 15.7. The number of nitrogens with zero attached hydrogens (tertiary/aromatic N) is 3. The maximum absolute atomic E-state index is 10.2. The first-order chi connectivity index (χ1) is 10.0. The van der Waals surface area contributed by atoms with Gasteiger partial charge in [0.2, 0.25) is 0 Å². The second-order valence-corrected chi connectivity index (χ2v) is 3.51. The number of carbonyl (C=O) groups excluding carboxylic acids is 2. The van der Waals surface area contributed by atoms with Crippen LogP contribution in [-0.4, -0.2) is 33.3 Å². The molecular weight excluding hydrogens is 358 g/mol. The summed E-state index contributed by atoms with van der Waals surface area (Å²) < 4.78 is 0. The Morgan fingerprint density at radius 3 is 1.91 bits per heavy atom. The predicted molar refractivity (Wildman–Crippen MR) is 71.4 cm³/mol. The van der Waals surface area contributed by atoms with Gasteiger partial charge in [0.15, 0.2) is 0 Å². The summed E-state index contributed by atoms with van der Waals surface area (Å²) in [4.78, 5) is 27.4. The van der Waals surface area contributed by atoms with Crippen LogP contribution in [0.15, 0.2) is 47.9 Å². The van der Waals surface area contributed by atoms with Gasteiger partial charge in [-0.1, -0.05) is 11.2 Å². The molecule has 0 atom stereocenters. The van der Waals surface area contributed by atoms with Gasteiger partial charge >= 0.3 is 17.1 Å². The topological polar surface area (TPSA) is 172 Å². The summed E-state index contributed by atoms with van der Waals surface area (Å²) in [5.41, 5.74) is 0.000833. The Kier molecular flexibility index (Phi) is 11.5. The largest absolute Gasteiger partial charge is 2.00 e. The maximum Gasteiger partial charge on any atom is 2.00 e. The van der Waals surface area contributed by atoms with Gasteiger partial charge in [0.05, 0.1) is 29.5 Å². The first kappa shape index (κ1) is 22.5. The number of oxime groups is 1. The fourth-order valence-electron chi connectivity index (χ4n) is 1.18. The number of hydrogen-bond acceptors (Lipinski definition) is 8. The van der Waals surface area contributed by atoms with E-state index in [-0.39, 0.29) is 22.5 Å². The van der Waals surface area contributed by atoms with E-state index in [4.69, 9.17) is 5.21 Å². The first-order valence-corrected chi connectivity index (χ1v) is 5.52. The van der Waals surface area contributed by atoms with E-state index in [0.717, 1.165) is 17.7 Å². The summed E-state index contributed by atoms with van der Waals surface area (Å²) in [7, 11) is 0. The van der Waals surface area contributed by atoms with Gasteiger partial charge in [-0.05, 0) is 29.8 Å². The van der Waals surface area contributed by atoms with E-state index < -0.39 is 23.3 Å². The molecule has 2 rings (SSSR count). The van der Waals surface area contributed by atoms with Crippen molar-refractivity contribution in [2.45, 2.75) is 0 Å². The molecule has 0 unspecified atom stereocenters. The third-order valence-electron chi connectivity index (χ3n) is 2.08. The standard InChI is InChI=1S/C7H5NO4.C6H6N2O.Cu.H2O/c9-6(10)4-2-1-3-5(8-4)7(11)12;9-8-5-6-1-3-7-4-2-6;;/h1-3H,(H,9,10)(H,11,12);1-5,9H;;1H2/q;;+2;/p-1/b;8-5+;;. The molecule has 23 heavy (non-hydrogen) atoms. The quantitative estimate of drug-likeness (QED) is 0.209. The van der Waals surface area contributed by atoms with E-state index in [1.165, 1.54) is 12.3 Å². The molecular formula is C13H12CuN3O6+. The van der Waals surface area contributed by atoms with Gasteiger partial charge in [-0.3, -0.25) is 4.98 Å². The molecule has 4 N–H and O–H groups in total. The maximum atomic E-state index is 10.2. The second-order valence-electron chi connectivity index (χ2n) is 3.51. The molecule has 0 aliphatic heterocycles. The molecule has 2 aromatic rings. The molecule has 125 valence electrons. The van der Waals surface area contributed by atoms with E-state index in [9.17, 15) is 19.8 Å². The van der Waals surface area contributed by atoms with Crippen LogP contribution in [0, 0.1) is 0 Å². The zero-order valence-electron chi connectivity index (χ0n) is 11.4. The van der Waals surface area contributed by atoms with Gasteiger partial charge in [0.1, 0.15) is 0 Å². The van der Waals surface area contributed by atoms with Gasteiger partial charge in [0.25, 0.3) is 0 Å². The van der Waals surface area contributed by atoms with Crippen molar-refractivity contribution in [3.63, 3.8) is 0 Å². The summed E-state index contributed by atoms with van der Waals surface area (Å²) in [5.74, 6) is -3.03. The Morgan fingerprint density at radius 2 is 1.52 bits per heavy atom. The molecule has 9 nitrogen and oxygen atoms in total. The van der Waals surface area contributed by atoms with Gasteiger partial charge in [-0.25, -0.2) is 4.98 Å². The van der Waals surface area contributed by atoms with E-state index in [0.29, 0.717) is 0 Å². The number of rotatable bonds is 3. The molecule has 0 spiro atoms. The molecule has 0 amide bonds. The fourth-order valence-corrected chi connectivity index (χ4v) is 1.18. The van der Waals surface area contributed by atoms with Crippen molar-refractivity contribution in [3.8, 4) is 0 Å². The monoisotopic (exact) mass is 369 g/mol. The van der Waals surface area contributed by atoms with Crippen molar-refractivity contribution in [1.29, 1.82) is 0 Å². The van der Waals surface area contributed by atoms with Crippen molar-refractivity contribution in [3.05, 3.63) is 59.7 Å². The molecule has 10 heteroatoms. The Morgan fingerprint density at radius 1 is 1.04 bits per heavy atom. The van der Waals surface area contributed by atoms with Crippen molar-refractivity contribution in [2.24, 2.45) is 5.16 Å². The van der Waals surface area contributed by atoms with E-state index in [1.54, 1.807) is 24.5 Å². The zero-order valence-corrected chi connectivity index (χ0v) is 12.4. The number of carboxylic acids is 2. The molecule has 2 heterocycles. The third-order valence-corrected chi connectivity index (χ3v) is 2.08. The van der Waals surface area contributed by atoms with E-state index in [1.807, 2.05) is 0 Å². The molecule has 1 radical (unpaired) electrons. The van der Waals surface area contributed by atoms with Gasteiger partial charge in [0, 0.05) is 12.4 Å². The SMILES string of the molecule is O/N=C/c1ccncc1.O=C([O-])c1cccc(C(=O)[O-])n1.[Cu+2].[OH3+]. The number of pyridine rings is 2. The van der Waals surface area contributed by atoms with Gasteiger partial charge in [-0.2, -0.15) is 0 Å². The van der Waals surface area contributed by atoms with Crippen molar-refractivity contribution < 1.29 is 47.6 Å². The minimum Gasteiger partial charge on any atom is -0.543 e. The average Bonchev–Trinajstić information content (AvgIpc) is 2.49. The summed E-state index contributed by atoms with van der Waals surface area (Å²) in [6.45, 7) is 0. The minimum atomic E-state index is -1.52. The van der Waals surface area contributed by atoms with E-state index in [2.05, 4.69) is 15.1 Å². The van der Waals surface area contributed by atoms with Crippen LogP contribution in [0.25, 0.3) is 0 Å². The normalized spacial score (nSPS) is 8.87. The molecule has 0 bridgehead atoms. The molecule has 0 fully saturated rings. The number of aromatic carboxylic acids is 2. The first-order valence-electron chi connectivity index (χ1n) is 5.52. The van der Waals surface area contributed by atoms with Crippen molar-refractivity contribution in [2.75, 3.05) is 0 Å². The van der Waals surface area contributed by atoms with Crippen LogP contribution >= 0.6 is 0 Å². The van der Waals surface area contributed by atoms with Gasteiger partial charge in [-0.15, -0.1) is 0 Å². The Balaban J connectivity index is 0. The number of hydrogen-bond donors (Lipinski definition) is 1. The van der Waals surface area contributed by atoms with Crippen LogP contribution in [0.1, 0.15) is 26.5 Å². The number of aromatic nitrogens is 2. The summed E-state index contributed by atoms with van der Waals surface area (Å²) >= 11 is 0. The Bertz CT molecular complexity index is 622. The van der Waals surface area contributed by atoms with Crippen LogP contribution in [0.4, 0.5) is 0 Å². The fraction of sp³-hybridized carbons (Fsp3) is 0. The Hall–Kier alpha value is -2.81. The number of carboxylic acid groups (broad SMARTS) is 2. The smallest absolute Gasteiger partial charge is 0.543 e. The van der Waals surface area contributed by atoms with Crippen LogP contribution in [0.5, 0.6) is 0 Å². The molecule has 2 aromatic heterocycles. The van der Waals surface area contributed by atoms with Crippen molar-refractivity contribution in [1.82, 2.24) is 9.97 Å². The summed E-state index contributed by atoms with van der Waals surface area (Å²) in [5, 5.41) is 31.3. The van der Waals surface area contributed by atoms with Crippen LogP contribution in [0.3, 0.4) is 0 Å². The van der Waals surface area contributed by atoms with Crippen LogP contribution < -0.4 is 10.2 Å². The molecule has 0 aliphatic rings. The predicted octanol–water partition coefficient (Wildman–Crippen LogP) is -2.23. The van der Waals surface area contributed by atoms with Crippen molar-refractivity contribution >= 4 is 18.2 Å². The second kappa shape index (κ2) is 11.8. The summed E-state index contributed by atoms with van der Waals surface area (Å²) in [6, 6.07) is 7.03. The summed E-state index contributed by atoms with van der Waals surface area (Å²) in [6.07, 6.45) is 4.62. The van der Waals surface area contributed by atoms with Crippen LogP contribution in [0.2, 0.25) is 0 Å². The molecule has 0 saturated carbocycles. The third kappa shape index (κ3) is 8.27. The minimum absolute atomic E-state index is 0. The molecule has 0 aromatic carbocycles. The van der Waals surface area contributed by atoms with Crippen LogP contribution in [-0.2, 0) is 22.5 Å². The number of carbonyl (C=O) groups is 2. The Labute approximate surface area is 141 Å². The van der Waals surface area contributed by atoms with E-state index >= 15 is 0 Å².